The third kappa shape index (κ3) is 4.60. The SMILES string of the molecule is COCC(CNCc1cccc(Cl)c1F)OC. The third-order valence-electron chi connectivity index (χ3n) is 2.40. The van der Waals surface area contributed by atoms with Crippen molar-refractivity contribution in [1.82, 2.24) is 5.32 Å². The molecule has 0 aromatic heterocycles. The maximum atomic E-state index is 13.5. The van der Waals surface area contributed by atoms with E-state index < -0.39 is 0 Å². The van der Waals surface area contributed by atoms with Gasteiger partial charge in [-0.3, -0.25) is 0 Å². The monoisotopic (exact) mass is 261 g/mol. The second-order valence-electron chi connectivity index (χ2n) is 3.66. The largest absolute Gasteiger partial charge is 0.382 e. The highest BCUT2D eigenvalue weighted by Crippen LogP contribution is 2.17. The molecule has 0 spiro atoms. The number of rotatable bonds is 7. The molecule has 17 heavy (non-hydrogen) atoms. The van der Waals surface area contributed by atoms with Crippen molar-refractivity contribution in [2.45, 2.75) is 12.6 Å². The standard InChI is InChI=1S/C12H17ClFNO2/c1-16-8-10(17-2)7-15-6-9-4-3-5-11(13)12(9)14/h3-5,10,15H,6-8H2,1-2H3. The molecule has 0 aliphatic heterocycles. The highest BCUT2D eigenvalue weighted by atomic mass is 35.5. The lowest BCUT2D eigenvalue weighted by molar-refractivity contribution is 0.0287. The van der Waals surface area contributed by atoms with Crippen LogP contribution in [0.25, 0.3) is 0 Å². The van der Waals surface area contributed by atoms with E-state index in [1.807, 2.05) is 0 Å². The van der Waals surface area contributed by atoms with Crippen LogP contribution in [0.4, 0.5) is 4.39 Å². The fourth-order valence-electron chi connectivity index (χ4n) is 1.45. The Morgan fingerprint density at radius 1 is 1.41 bits per heavy atom. The van der Waals surface area contributed by atoms with E-state index in [1.54, 1.807) is 26.4 Å². The zero-order chi connectivity index (χ0) is 12.7. The topological polar surface area (TPSA) is 30.5 Å². The molecule has 0 fully saturated rings. The minimum atomic E-state index is -0.373. The summed E-state index contributed by atoms with van der Waals surface area (Å²) in [5.41, 5.74) is 0.546. The van der Waals surface area contributed by atoms with Crippen LogP contribution in [0.15, 0.2) is 18.2 Å². The number of methoxy groups -OCH3 is 2. The van der Waals surface area contributed by atoms with Gasteiger partial charge in [0.15, 0.2) is 0 Å². The Bertz CT molecular complexity index is 349. The summed E-state index contributed by atoms with van der Waals surface area (Å²) < 4.78 is 23.7. The Morgan fingerprint density at radius 3 is 2.82 bits per heavy atom. The average Bonchev–Trinajstić information content (AvgIpc) is 2.33. The molecule has 5 heteroatoms. The van der Waals surface area contributed by atoms with Crippen LogP contribution >= 0.6 is 11.6 Å². The first kappa shape index (κ1) is 14.4. The molecule has 1 atom stereocenters. The van der Waals surface area contributed by atoms with Crippen LogP contribution in [-0.4, -0.2) is 33.5 Å². The van der Waals surface area contributed by atoms with E-state index in [0.29, 0.717) is 25.3 Å². The van der Waals surface area contributed by atoms with Crippen molar-refractivity contribution >= 4 is 11.6 Å². The van der Waals surface area contributed by atoms with Crippen LogP contribution in [-0.2, 0) is 16.0 Å². The van der Waals surface area contributed by atoms with E-state index in [9.17, 15) is 4.39 Å². The van der Waals surface area contributed by atoms with Gasteiger partial charge < -0.3 is 14.8 Å². The van der Waals surface area contributed by atoms with Crippen LogP contribution < -0.4 is 5.32 Å². The lowest BCUT2D eigenvalue weighted by atomic mass is 10.2. The summed E-state index contributed by atoms with van der Waals surface area (Å²) in [7, 11) is 3.23. The van der Waals surface area contributed by atoms with Crippen LogP contribution in [0.5, 0.6) is 0 Å². The molecule has 1 aromatic carbocycles. The summed E-state index contributed by atoms with van der Waals surface area (Å²) in [6, 6.07) is 4.96. The Balaban J connectivity index is 2.42. The van der Waals surface area contributed by atoms with Crippen molar-refractivity contribution in [2.75, 3.05) is 27.4 Å². The number of halogens is 2. The van der Waals surface area contributed by atoms with E-state index in [-0.39, 0.29) is 16.9 Å². The molecule has 1 rings (SSSR count). The second kappa shape index (κ2) is 7.61. The smallest absolute Gasteiger partial charge is 0.146 e. The molecule has 0 radical (unpaired) electrons. The molecule has 1 aromatic rings. The van der Waals surface area contributed by atoms with Gasteiger partial charge in [-0.25, -0.2) is 4.39 Å². The van der Waals surface area contributed by atoms with Gasteiger partial charge in [-0.15, -0.1) is 0 Å². The molecule has 1 N–H and O–H groups in total. The minimum absolute atomic E-state index is 0.0396. The van der Waals surface area contributed by atoms with Gasteiger partial charge in [0, 0.05) is 32.9 Å². The molecule has 0 aliphatic carbocycles. The molecule has 0 saturated carbocycles. The maximum Gasteiger partial charge on any atom is 0.146 e. The number of hydrogen-bond acceptors (Lipinski definition) is 3. The molecule has 96 valence electrons. The summed E-state index contributed by atoms with van der Waals surface area (Å²) in [4.78, 5) is 0. The number of benzene rings is 1. The predicted octanol–water partition coefficient (Wildman–Crippen LogP) is 2.23. The molecule has 0 aliphatic rings. The molecule has 3 nitrogen and oxygen atoms in total. The minimum Gasteiger partial charge on any atom is -0.382 e. The van der Waals surface area contributed by atoms with Gasteiger partial charge >= 0.3 is 0 Å². The van der Waals surface area contributed by atoms with Crippen molar-refractivity contribution in [3.63, 3.8) is 0 Å². The van der Waals surface area contributed by atoms with Crippen molar-refractivity contribution in [2.24, 2.45) is 0 Å². The fourth-order valence-corrected chi connectivity index (χ4v) is 1.64. The number of nitrogens with one attached hydrogen (secondary N) is 1. The molecule has 1 unspecified atom stereocenters. The highest BCUT2D eigenvalue weighted by molar-refractivity contribution is 6.30. The van der Waals surface area contributed by atoms with Crippen molar-refractivity contribution in [3.8, 4) is 0 Å². The predicted molar refractivity (Wildman–Crippen MR) is 65.8 cm³/mol. The summed E-state index contributed by atoms with van der Waals surface area (Å²) in [6.45, 7) is 1.51. The summed E-state index contributed by atoms with van der Waals surface area (Å²) in [5.74, 6) is -0.373. The first-order chi connectivity index (χ1) is 8.19. The molecular formula is C12H17ClFNO2. The molecule has 0 saturated heterocycles. The highest BCUT2D eigenvalue weighted by Gasteiger charge is 2.08. The first-order valence-corrected chi connectivity index (χ1v) is 5.72. The third-order valence-corrected chi connectivity index (χ3v) is 2.70. The molecule has 0 amide bonds. The zero-order valence-corrected chi connectivity index (χ0v) is 10.8. The zero-order valence-electron chi connectivity index (χ0n) is 10.0. The second-order valence-corrected chi connectivity index (χ2v) is 4.06. The van der Waals surface area contributed by atoms with Crippen LogP contribution in [0.3, 0.4) is 0 Å². The van der Waals surface area contributed by atoms with Crippen LogP contribution in [0.2, 0.25) is 5.02 Å². The average molecular weight is 262 g/mol. The van der Waals surface area contributed by atoms with Crippen LogP contribution in [0.1, 0.15) is 5.56 Å². The van der Waals surface area contributed by atoms with Crippen molar-refractivity contribution < 1.29 is 13.9 Å². The summed E-state index contributed by atoms with van der Waals surface area (Å²) in [6.07, 6.45) is -0.0396. The Hall–Kier alpha value is -0.680. The number of hydrogen-bond donors (Lipinski definition) is 1. The first-order valence-electron chi connectivity index (χ1n) is 5.34. The molecular weight excluding hydrogens is 245 g/mol. The van der Waals surface area contributed by atoms with Gasteiger partial charge in [-0.2, -0.15) is 0 Å². The Kier molecular flexibility index (Phi) is 6.44. The molecule has 0 heterocycles. The van der Waals surface area contributed by atoms with E-state index in [1.165, 1.54) is 6.07 Å². The van der Waals surface area contributed by atoms with Gasteiger partial charge in [-0.05, 0) is 6.07 Å². The van der Waals surface area contributed by atoms with E-state index in [2.05, 4.69) is 5.32 Å². The van der Waals surface area contributed by atoms with Gasteiger partial charge in [0.25, 0.3) is 0 Å². The molecule has 0 bridgehead atoms. The lowest BCUT2D eigenvalue weighted by Gasteiger charge is -2.15. The quantitative estimate of drug-likeness (QED) is 0.817. The van der Waals surface area contributed by atoms with Gasteiger partial charge in [0.05, 0.1) is 17.7 Å². The van der Waals surface area contributed by atoms with Crippen LogP contribution in [0, 0.1) is 5.82 Å². The van der Waals surface area contributed by atoms with E-state index in [4.69, 9.17) is 21.1 Å². The lowest BCUT2D eigenvalue weighted by Crippen LogP contribution is -2.31. The van der Waals surface area contributed by atoms with Gasteiger partial charge in [0.1, 0.15) is 5.82 Å². The van der Waals surface area contributed by atoms with Gasteiger partial charge in [0.2, 0.25) is 0 Å². The van der Waals surface area contributed by atoms with Crippen molar-refractivity contribution in [1.29, 1.82) is 0 Å². The summed E-state index contributed by atoms with van der Waals surface area (Å²) >= 11 is 5.68. The normalized spacial score (nSPS) is 12.7. The maximum absolute atomic E-state index is 13.5. The van der Waals surface area contributed by atoms with E-state index >= 15 is 0 Å². The van der Waals surface area contributed by atoms with Gasteiger partial charge in [-0.1, -0.05) is 23.7 Å². The fraction of sp³-hybridized carbons (Fsp3) is 0.500. The Morgan fingerprint density at radius 2 is 2.18 bits per heavy atom. The van der Waals surface area contributed by atoms with E-state index in [0.717, 1.165) is 0 Å². The van der Waals surface area contributed by atoms with Crippen molar-refractivity contribution in [3.05, 3.63) is 34.6 Å². The summed E-state index contributed by atoms with van der Waals surface area (Å²) in [5, 5.41) is 3.24. The number of ether oxygens (including phenoxy) is 2. The Labute approximate surface area is 106 Å².